The lowest BCUT2D eigenvalue weighted by atomic mass is 10.3. The summed E-state index contributed by atoms with van der Waals surface area (Å²) >= 11 is 0. The van der Waals surface area contributed by atoms with Crippen molar-refractivity contribution in [3.8, 4) is 0 Å². The molecule has 2 aromatic heterocycles. The Morgan fingerprint density at radius 1 is 1.38 bits per heavy atom. The van der Waals surface area contributed by atoms with Crippen molar-refractivity contribution in [3.05, 3.63) is 24.4 Å². The van der Waals surface area contributed by atoms with Crippen LogP contribution in [0.5, 0.6) is 0 Å². The van der Waals surface area contributed by atoms with Crippen molar-refractivity contribution in [2.45, 2.75) is 17.9 Å². The summed E-state index contributed by atoms with van der Waals surface area (Å²) in [6.07, 6.45) is 2.00. The number of fused-ring (bicyclic) bond motifs is 1. The highest BCUT2D eigenvalue weighted by Gasteiger charge is 2.24. The van der Waals surface area contributed by atoms with Crippen LogP contribution in [0, 0.1) is 0 Å². The van der Waals surface area contributed by atoms with Gasteiger partial charge in [0.15, 0.2) is 10.8 Å². The van der Waals surface area contributed by atoms with E-state index in [1.54, 1.807) is 24.4 Å². The smallest absolute Gasteiger partial charge is 0.260 e. The molecule has 2 aromatic rings. The Labute approximate surface area is 121 Å². The zero-order chi connectivity index (χ0) is 15.5. The van der Waals surface area contributed by atoms with E-state index in [2.05, 4.69) is 15.1 Å². The highest BCUT2D eigenvalue weighted by molar-refractivity contribution is 7.89. The van der Waals surface area contributed by atoms with E-state index in [9.17, 15) is 13.2 Å². The van der Waals surface area contributed by atoms with Crippen LogP contribution in [-0.4, -0.2) is 30.3 Å². The molecule has 2 heterocycles. The summed E-state index contributed by atoms with van der Waals surface area (Å²) in [5.74, 6) is 4.89. The molecular weight excluding hydrogens is 296 g/mol. The highest BCUT2D eigenvalue weighted by atomic mass is 32.2. The molecule has 0 aliphatic carbocycles. The SMILES string of the molecule is NNc1nc2ccccn2c1S(=O)(=O)NCCCC(N)=O. The summed E-state index contributed by atoms with van der Waals surface area (Å²) in [5.41, 5.74) is 7.72. The number of amides is 1. The first-order valence-corrected chi connectivity index (χ1v) is 7.65. The van der Waals surface area contributed by atoms with Gasteiger partial charge in [0.25, 0.3) is 10.0 Å². The van der Waals surface area contributed by atoms with Gasteiger partial charge in [-0.25, -0.2) is 24.0 Å². The summed E-state index contributed by atoms with van der Waals surface area (Å²) < 4.78 is 28.5. The Balaban J connectivity index is 2.29. The summed E-state index contributed by atoms with van der Waals surface area (Å²) in [6, 6.07) is 5.08. The number of rotatable bonds is 7. The molecule has 2 rings (SSSR count). The van der Waals surface area contributed by atoms with Gasteiger partial charge in [0, 0.05) is 19.2 Å². The summed E-state index contributed by atoms with van der Waals surface area (Å²) in [6.45, 7) is 0.0926. The fraction of sp³-hybridized carbons (Fsp3) is 0.273. The fourth-order valence-corrected chi connectivity index (χ4v) is 3.18. The maximum Gasteiger partial charge on any atom is 0.260 e. The van der Waals surface area contributed by atoms with Crippen molar-refractivity contribution in [2.75, 3.05) is 12.0 Å². The molecule has 0 spiro atoms. The number of primary amides is 1. The number of carbonyl (C=O) groups excluding carboxylic acids is 1. The monoisotopic (exact) mass is 312 g/mol. The van der Waals surface area contributed by atoms with Gasteiger partial charge in [-0.05, 0) is 18.6 Å². The third kappa shape index (κ3) is 3.29. The number of hydrogen-bond acceptors (Lipinski definition) is 6. The van der Waals surface area contributed by atoms with Gasteiger partial charge in [0.1, 0.15) is 5.65 Å². The molecule has 6 N–H and O–H groups in total. The van der Waals surface area contributed by atoms with Crippen LogP contribution < -0.4 is 21.7 Å². The zero-order valence-electron chi connectivity index (χ0n) is 11.1. The third-order valence-corrected chi connectivity index (χ3v) is 4.25. The van der Waals surface area contributed by atoms with Crippen LogP contribution in [-0.2, 0) is 14.8 Å². The quantitative estimate of drug-likeness (QED) is 0.298. The van der Waals surface area contributed by atoms with E-state index < -0.39 is 15.9 Å². The predicted molar refractivity (Wildman–Crippen MR) is 76.6 cm³/mol. The Morgan fingerprint density at radius 3 is 2.81 bits per heavy atom. The number of carbonyl (C=O) groups is 1. The molecular formula is C11H16N6O3S. The molecule has 0 aromatic carbocycles. The van der Waals surface area contributed by atoms with Crippen LogP contribution in [0.3, 0.4) is 0 Å². The van der Waals surface area contributed by atoms with Gasteiger partial charge >= 0.3 is 0 Å². The molecule has 0 aliphatic rings. The van der Waals surface area contributed by atoms with Gasteiger partial charge < -0.3 is 11.2 Å². The molecule has 114 valence electrons. The number of nitrogens with two attached hydrogens (primary N) is 2. The zero-order valence-corrected chi connectivity index (χ0v) is 11.9. The number of pyridine rings is 1. The molecule has 0 fully saturated rings. The van der Waals surface area contributed by atoms with Crippen molar-refractivity contribution in [3.63, 3.8) is 0 Å². The number of nitrogens with zero attached hydrogens (tertiary/aromatic N) is 2. The standard InChI is InChI=1S/C11H16N6O3S/c12-8(18)4-3-6-14-21(19,20)11-10(16-13)15-9-5-1-2-7-17(9)11/h1-2,5,7,14,16H,3-4,6,13H2,(H2,12,18). The Bertz CT molecular complexity index is 754. The number of nitrogens with one attached hydrogen (secondary N) is 2. The van der Waals surface area contributed by atoms with E-state index in [4.69, 9.17) is 11.6 Å². The maximum absolute atomic E-state index is 12.3. The van der Waals surface area contributed by atoms with E-state index in [0.717, 1.165) is 0 Å². The fourth-order valence-electron chi connectivity index (χ4n) is 1.86. The van der Waals surface area contributed by atoms with Gasteiger partial charge in [-0.3, -0.25) is 9.20 Å². The lowest BCUT2D eigenvalue weighted by molar-refractivity contribution is -0.118. The van der Waals surface area contributed by atoms with E-state index in [0.29, 0.717) is 12.1 Å². The number of anilines is 1. The van der Waals surface area contributed by atoms with Crippen LogP contribution in [0.15, 0.2) is 29.4 Å². The van der Waals surface area contributed by atoms with Crippen molar-refractivity contribution >= 4 is 27.4 Å². The predicted octanol–water partition coefficient (Wildman–Crippen LogP) is -0.836. The van der Waals surface area contributed by atoms with Crippen molar-refractivity contribution in [1.29, 1.82) is 0 Å². The Hall–Kier alpha value is -2.17. The normalized spacial score (nSPS) is 11.7. The number of imidazole rings is 1. The van der Waals surface area contributed by atoms with E-state index in [1.165, 1.54) is 4.40 Å². The summed E-state index contributed by atoms with van der Waals surface area (Å²) in [4.78, 5) is 14.7. The van der Waals surface area contributed by atoms with Crippen LogP contribution in [0.25, 0.3) is 5.65 Å². The van der Waals surface area contributed by atoms with Crippen LogP contribution >= 0.6 is 0 Å². The minimum Gasteiger partial charge on any atom is -0.370 e. The van der Waals surface area contributed by atoms with Crippen molar-refractivity contribution < 1.29 is 13.2 Å². The number of hydrogen-bond donors (Lipinski definition) is 4. The molecule has 0 bridgehead atoms. The van der Waals surface area contributed by atoms with E-state index >= 15 is 0 Å². The summed E-state index contributed by atoms with van der Waals surface area (Å²) in [5, 5.41) is -0.0836. The third-order valence-electron chi connectivity index (χ3n) is 2.77. The molecule has 0 saturated carbocycles. The minimum absolute atomic E-state index is 0.0450. The number of nitrogen functional groups attached to an aromatic ring is 1. The lowest BCUT2D eigenvalue weighted by Gasteiger charge is -2.07. The van der Waals surface area contributed by atoms with E-state index in [1.807, 2.05) is 0 Å². The van der Waals surface area contributed by atoms with Crippen LogP contribution in [0.1, 0.15) is 12.8 Å². The minimum atomic E-state index is -3.83. The molecule has 0 unspecified atom stereocenters. The van der Waals surface area contributed by atoms with Gasteiger partial charge in [0.2, 0.25) is 5.91 Å². The molecule has 21 heavy (non-hydrogen) atoms. The second-order valence-electron chi connectivity index (χ2n) is 4.31. The second kappa shape index (κ2) is 6.08. The topological polar surface area (TPSA) is 145 Å². The maximum atomic E-state index is 12.3. The lowest BCUT2D eigenvalue weighted by Crippen LogP contribution is -2.28. The average molecular weight is 312 g/mol. The van der Waals surface area contributed by atoms with Crippen LogP contribution in [0.4, 0.5) is 5.82 Å². The molecule has 0 atom stereocenters. The van der Waals surface area contributed by atoms with E-state index in [-0.39, 0.29) is 23.8 Å². The molecule has 0 radical (unpaired) electrons. The molecule has 0 aliphatic heterocycles. The van der Waals surface area contributed by atoms with Crippen LogP contribution in [0.2, 0.25) is 0 Å². The first-order chi connectivity index (χ1) is 9.95. The second-order valence-corrected chi connectivity index (χ2v) is 5.99. The largest absolute Gasteiger partial charge is 0.370 e. The van der Waals surface area contributed by atoms with Gasteiger partial charge in [-0.1, -0.05) is 6.07 Å². The first-order valence-electron chi connectivity index (χ1n) is 6.17. The first kappa shape index (κ1) is 15.2. The van der Waals surface area contributed by atoms with Crippen molar-refractivity contribution in [1.82, 2.24) is 14.1 Å². The molecule has 1 amide bonds. The number of aromatic nitrogens is 2. The highest BCUT2D eigenvalue weighted by Crippen LogP contribution is 2.21. The van der Waals surface area contributed by atoms with Gasteiger partial charge in [0.05, 0.1) is 0 Å². The molecule has 0 saturated heterocycles. The van der Waals surface area contributed by atoms with Gasteiger partial charge in [-0.15, -0.1) is 0 Å². The average Bonchev–Trinajstić information content (AvgIpc) is 2.82. The Kier molecular flexibility index (Phi) is 4.40. The number of hydrazine groups is 1. The molecule has 9 nitrogen and oxygen atoms in total. The Morgan fingerprint density at radius 2 is 2.14 bits per heavy atom. The number of sulfonamides is 1. The van der Waals surface area contributed by atoms with Gasteiger partial charge in [-0.2, -0.15) is 0 Å². The van der Waals surface area contributed by atoms with Crippen molar-refractivity contribution in [2.24, 2.45) is 11.6 Å². The summed E-state index contributed by atoms with van der Waals surface area (Å²) in [7, 11) is -3.83. The molecule has 10 heteroatoms.